The summed E-state index contributed by atoms with van der Waals surface area (Å²) in [6, 6.07) is 1.74. The number of nitrogens with one attached hydrogen (secondary N) is 1. The molecule has 100 valence electrons. The first-order chi connectivity index (χ1) is 8.86. The Bertz CT molecular complexity index is 574. The van der Waals surface area contributed by atoms with E-state index < -0.39 is 29.4 Å². The molecule has 0 unspecified atom stereocenters. The van der Waals surface area contributed by atoms with Crippen LogP contribution < -0.4 is 5.32 Å². The molecule has 0 heterocycles. The molecule has 0 aliphatic heterocycles. The van der Waals surface area contributed by atoms with Gasteiger partial charge in [0, 0.05) is 6.92 Å². The quantitative estimate of drug-likeness (QED) is 0.343. The molecule has 0 bridgehead atoms. The number of phenols is 2. The highest BCUT2D eigenvalue weighted by atomic mass is 16.4. The van der Waals surface area contributed by atoms with Gasteiger partial charge in [0.2, 0.25) is 5.91 Å². The lowest BCUT2D eigenvalue weighted by Crippen LogP contribution is -2.40. The molecule has 4 N–H and O–H groups in total. The molecule has 0 spiro atoms. The van der Waals surface area contributed by atoms with Gasteiger partial charge in [0.15, 0.2) is 17.5 Å². The van der Waals surface area contributed by atoms with E-state index >= 15 is 0 Å². The van der Waals surface area contributed by atoms with Crippen LogP contribution in [0.2, 0.25) is 0 Å². The van der Waals surface area contributed by atoms with Crippen molar-refractivity contribution in [2.45, 2.75) is 13.0 Å². The summed E-state index contributed by atoms with van der Waals surface area (Å²) in [4.78, 5) is 32.9. The molecule has 7 nitrogen and oxygen atoms in total. The average Bonchev–Trinajstić information content (AvgIpc) is 2.32. The minimum Gasteiger partial charge on any atom is -0.504 e. The zero-order valence-corrected chi connectivity index (χ0v) is 9.88. The molecular formula is C12H11NO6. The van der Waals surface area contributed by atoms with Crippen molar-refractivity contribution in [2.75, 3.05) is 0 Å². The fourth-order valence-electron chi connectivity index (χ4n) is 1.44. The molecule has 1 rings (SSSR count). The van der Waals surface area contributed by atoms with Crippen molar-refractivity contribution in [1.82, 2.24) is 5.32 Å². The highest BCUT2D eigenvalue weighted by molar-refractivity contribution is 6.03. The van der Waals surface area contributed by atoms with Gasteiger partial charge in [-0.15, -0.1) is 0 Å². The van der Waals surface area contributed by atoms with E-state index in [0.717, 1.165) is 19.1 Å². The van der Waals surface area contributed by atoms with Crippen LogP contribution in [0, 0.1) is 0 Å². The SMILES string of the molecule is CC(=O)N[C@H](C(=O)O)C(=[13C]=O)c1ccc(O)c(O)c1. The van der Waals surface area contributed by atoms with E-state index in [-0.39, 0.29) is 11.1 Å². The summed E-state index contributed by atoms with van der Waals surface area (Å²) in [7, 11) is 0. The molecule has 0 fully saturated rings. The Kier molecular flexibility index (Phi) is 4.28. The highest BCUT2D eigenvalue weighted by Gasteiger charge is 2.26. The molecule has 0 saturated carbocycles. The van der Waals surface area contributed by atoms with Crippen molar-refractivity contribution < 1.29 is 29.7 Å². The first kappa shape index (κ1) is 14.3. The van der Waals surface area contributed by atoms with Crippen LogP contribution in [-0.2, 0) is 14.4 Å². The molecule has 7 heteroatoms. The van der Waals surface area contributed by atoms with E-state index in [4.69, 9.17) is 10.2 Å². The number of carbonyl (C=O) groups is 2. The minimum atomic E-state index is -1.58. The normalized spacial score (nSPS) is 11.2. The second kappa shape index (κ2) is 5.70. The molecule has 0 aromatic heterocycles. The number of carboxylic acid groups (broad SMARTS) is 1. The smallest absolute Gasteiger partial charge is 0.331 e. The fraction of sp³-hybridized carbons (Fsp3) is 0.167. The van der Waals surface area contributed by atoms with Crippen molar-refractivity contribution in [3.05, 3.63) is 23.8 Å². The topological polar surface area (TPSA) is 124 Å². The largest absolute Gasteiger partial charge is 0.504 e. The highest BCUT2D eigenvalue weighted by Crippen LogP contribution is 2.28. The Hall–Kier alpha value is -2.79. The number of hydrogen-bond donors (Lipinski definition) is 4. The third-order valence-corrected chi connectivity index (χ3v) is 2.28. The average molecular weight is 266 g/mol. The molecule has 0 aliphatic rings. The zero-order chi connectivity index (χ0) is 14.6. The Labute approximate surface area is 107 Å². The van der Waals surface area contributed by atoms with Crippen molar-refractivity contribution in [3.63, 3.8) is 0 Å². The van der Waals surface area contributed by atoms with Gasteiger partial charge in [-0.3, -0.25) is 4.79 Å². The van der Waals surface area contributed by atoms with Crippen molar-refractivity contribution in [3.8, 4) is 11.5 Å². The minimum absolute atomic E-state index is 0.0338. The van der Waals surface area contributed by atoms with Gasteiger partial charge < -0.3 is 20.6 Å². The summed E-state index contributed by atoms with van der Waals surface area (Å²) in [5.74, 6) is -1.58. The molecule has 1 amide bonds. The van der Waals surface area contributed by atoms with Gasteiger partial charge in [-0.2, -0.15) is 0 Å². The van der Waals surface area contributed by atoms with Crippen LogP contribution in [-0.4, -0.2) is 39.2 Å². The molecule has 1 atom stereocenters. The van der Waals surface area contributed by atoms with E-state index in [0.29, 0.717) is 0 Å². The van der Waals surface area contributed by atoms with Crippen LogP contribution in [0.25, 0.3) is 5.57 Å². The van der Waals surface area contributed by atoms with Crippen LogP contribution in [0.3, 0.4) is 0 Å². The third kappa shape index (κ3) is 3.34. The Morgan fingerprint density at radius 3 is 2.32 bits per heavy atom. The van der Waals surface area contributed by atoms with Crippen LogP contribution in [0.4, 0.5) is 0 Å². The maximum atomic E-state index is 11.0. The number of benzene rings is 1. The Morgan fingerprint density at radius 1 is 1.26 bits per heavy atom. The summed E-state index contributed by atoms with van der Waals surface area (Å²) >= 11 is 0. The standard InChI is InChI=1S/C12H11NO6/c1-6(15)13-11(12(18)19)8(5-14)7-2-3-9(16)10(17)4-7/h2-4,11,16-17H,1H3,(H,13,15)(H,18,19)/t11-/m0/s1/i5+1. The van der Waals surface area contributed by atoms with Crippen molar-refractivity contribution >= 4 is 23.4 Å². The van der Waals surface area contributed by atoms with E-state index in [1.165, 1.54) is 12.0 Å². The third-order valence-electron chi connectivity index (χ3n) is 2.28. The van der Waals surface area contributed by atoms with Gasteiger partial charge in [0.25, 0.3) is 0 Å². The molecule has 19 heavy (non-hydrogen) atoms. The first-order valence-corrected chi connectivity index (χ1v) is 5.14. The Balaban J connectivity index is 3.24. The van der Waals surface area contributed by atoms with Crippen LogP contribution in [0.1, 0.15) is 12.5 Å². The summed E-state index contributed by atoms with van der Waals surface area (Å²) in [6.07, 6.45) is 0. The molecule has 1 aromatic rings. The van der Waals surface area contributed by atoms with Crippen molar-refractivity contribution in [2.24, 2.45) is 0 Å². The molecule has 1 aromatic carbocycles. The number of phenolic OH excluding ortho intramolecular Hbond substituents is 2. The van der Waals surface area contributed by atoms with Gasteiger partial charge in [0.1, 0.15) is 5.94 Å². The summed E-state index contributed by atoms with van der Waals surface area (Å²) < 4.78 is 0. The molecular weight excluding hydrogens is 255 g/mol. The van der Waals surface area contributed by atoms with Gasteiger partial charge in [0.05, 0.1) is 5.57 Å². The van der Waals surface area contributed by atoms with Crippen LogP contribution >= 0.6 is 0 Å². The number of amides is 1. The first-order valence-electron chi connectivity index (χ1n) is 5.14. The van der Waals surface area contributed by atoms with Crippen molar-refractivity contribution in [1.29, 1.82) is 0 Å². The summed E-state index contributed by atoms with van der Waals surface area (Å²) in [5.41, 5.74) is -0.329. The monoisotopic (exact) mass is 266 g/mol. The maximum Gasteiger partial charge on any atom is 0.331 e. The number of rotatable bonds is 4. The van der Waals surface area contributed by atoms with E-state index in [2.05, 4.69) is 5.32 Å². The Morgan fingerprint density at radius 2 is 1.89 bits per heavy atom. The van der Waals surface area contributed by atoms with Gasteiger partial charge in [-0.05, 0) is 23.8 Å². The summed E-state index contributed by atoms with van der Waals surface area (Å²) in [5, 5.41) is 29.5. The maximum absolute atomic E-state index is 11.0. The predicted octanol–water partition coefficient (Wildman–Crippen LogP) is -0.0979. The van der Waals surface area contributed by atoms with E-state index in [9.17, 15) is 19.5 Å². The van der Waals surface area contributed by atoms with Gasteiger partial charge >= 0.3 is 5.97 Å². The summed E-state index contributed by atoms with van der Waals surface area (Å²) in [6.45, 7) is 1.10. The molecule has 0 aliphatic carbocycles. The van der Waals surface area contributed by atoms with E-state index in [1.54, 1.807) is 0 Å². The fourth-order valence-corrected chi connectivity index (χ4v) is 1.44. The van der Waals surface area contributed by atoms with Gasteiger partial charge in [-0.1, -0.05) is 0 Å². The molecule has 0 saturated heterocycles. The lowest BCUT2D eigenvalue weighted by atomic mass is 10.0. The second-order valence-electron chi connectivity index (χ2n) is 3.69. The van der Waals surface area contributed by atoms with Crippen LogP contribution in [0.5, 0.6) is 11.5 Å². The molecule has 0 radical (unpaired) electrons. The number of carbonyl (C=O) groups excluding carboxylic acids is 2. The number of aromatic hydroxyl groups is 2. The lowest BCUT2D eigenvalue weighted by Gasteiger charge is -2.14. The number of carboxylic acids is 1. The van der Waals surface area contributed by atoms with Gasteiger partial charge in [-0.25, -0.2) is 9.59 Å². The lowest BCUT2D eigenvalue weighted by molar-refractivity contribution is -0.139. The predicted molar refractivity (Wildman–Crippen MR) is 64.1 cm³/mol. The number of hydrogen-bond acceptors (Lipinski definition) is 5. The number of aliphatic carboxylic acids is 1. The zero-order valence-electron chi connectivity index (χ0n) is 9.88. The second-order valence-corrected chi connectivity index (χ2v) is 3.69. The van der Waals surface area contributed by atoms with Crippen LogP contribution in [0.15, 0.2) is 18.2 Å². The van der Waals surface area contributed by atoms with E-state index in [1.807, 2.05) is 0 Å².